The number of imidazole rings is 1. The number of halogens is 1. The summed E-state index contributed by atoms with van der Waals surface area (Å²) in [6, 6.07) is 8.52. The van der Waals surface area contributed by atoms with E-state index in [-0.39, 0.29) is 16.9 Å². The van der Waals surface area contributed by atoms with Crippen LogP contribution in [0.5, 0.6) is 5.75 Å². The molecule has 0 radical (unpaired) electrons. The average molecular weight is 322 g/mol. The lowest BCUT2D eigenvalue weighted by atomic mass is 10.2. The van der Waals surface area contributed by atoms with E-state index in [0.717, 1.165) is 6.07 Å². The molecule has 4 rings (SSSR count). The second-order valence-electron chi connectivity index (χ2n) is 5.20. The summed E-state index contributed by atoms with van der Waals surface area (Å²) in [6.07, 6.45) is 6.38. The molecule has 1 N–H and O–H groups in total. The smallest absolute Gasteiger partial charge is 0.191 e. The molecule has 0 saturated carbocycles. The molecule has 24 heavy (non-hydrogen) atoms. The molecule has 4 aromatic rings. The standard InChI is InChI=1S/C17H11FN4O2/c18-13-9-11(23)1-3-14(13)22-7-5-15(24)12-2-4-16(20-17(12)22)21-8-6-19-10-21/h1-10,23H. The van der Waals surface area contributed by atoms with E-state index in [2.05, 4.69) is 9.97 Å². The second-order valence-corrected chi connectivity index (χ2v) is 5.20. The molecule has 3 heterocycles. The lowest BCUT2D eigenvalue weighted by Crippen LogP contribution is -2.10. The molecule has 1 aromatic carbocycles. The van der Waals surface area contributed by atoms with Crippen molar-refractivity contribution >= 4 is 11.0 Å². The van der Waals surface area contributed by atoms with E-state index in [1.54, 1.807) is 35.4 Å². The number of pyridine rings is 2. The van der Waals surface area contributed by atoms with Gasteiger partial charge in [-0.05, 0) is 24.3 Å². The number of fused-ring (bicyclic) bond motifs is 1. The first-order valence-corrected chi connectivity index (χ1v) is 7.13. The lowest BCUT2D eigenvalue weighted by molar-refractivity contribution is 0.468. The Morgan fingerprint density at radius 3 is 2.71 bits per heavy atom. The summed E-state index contributed by atoms with van der Waals surface area (Å²) < 4.78 is 17.4. The van der Waals surface area contributed by atoms with E-state index in [9.17, 15) is 14.3 Å². The number of phenols is 1. The van der Waals surface area contributed by atoms with Gasteiger partial charge in [0.15, 0.2) is 16.9 Å². The third-order valence-electron chi connectivity index (χ3n) is 3.69. The number of phenolic OH excluding ortho intramolecular Hbond substituents is 1. The van der Waals surface area contributed by atoms with Crippen molar-refractivity contribution in [2.45, 2.75) is 0 Å². The molecule has 0 fully saturated rings. The zero-order chi connectivity index (χ0) is 16.7. The molecule has 0 atom stereocenters. The summed E-state index contributed by atoms with van der Waals surface area (Å²) in [5, 5.41) is 9.76. The molecule has 0 spiro atoms. The second kappa shape index (κ2) is 5.31. The van der Waals surface area contributed by atoms with Crippen molar-refractivity contribution in [1.82, 2.24) is 19.1 Å². The summed E-state index contributed by atoms with van der Waals surface area (Å²) in [6.45, 7) is 0. The molecule has 6 nitrogen and oxygen atoms in total. The maximum Gasteiger partial charge on any atom is 0.191 e. The van der Waals surface area contributed by atoms with Crippen molar-refractivity contribution in [3.8, 4) is 17.3 Å². The van der Waals surface area contributed by atoms with Crippen molar-refractivity contribution in [1.29, 1.82) is 0 Å². The SMILES string of the molecule is O=c1ccn(-c2ccc(O)cc2F)c2nc(-n3ccnc3)ccc12. The fourth-order valence-corrected chi connectivity index (χ4v) is 2.54. The number of nitrogens with zero attached hydrogens (tertiary/aromatic N) is 4. The van der Waals surface area contributed by atoms with E-state index in [4.69, 9.17) is 0 Å². The molecule has 0 unspecified atom stereocenters. The van der Waals surface area contributed by atoms with Crippen molar-refractivity contribution in [2.75, 3.05) is 0 Å². The lowest BCUT2D eigenvalue weighted by Gasteiger charge is -2.12. The first-order valence-electron chi connectivity index (χ1n) is 7.13. The van der Waals surface area contributed by atoms with Crippen LogP contribution in [-0.4, -0.2) is 24.2 Å². The van der Waals surface area contributed by atoms with Gasteiger partial charge in [0.05, 0.1) is 11.1 Å². The quantitative estimate of drug-likeness (QED) is 0.615. The maximum atomic E-state index is 14.2. The Labute approximate surface area is 135 Å². The highest BCUT2D eigenvalue weighted by Gasteiger charge is 2.11. The van der Waals surface area contributed by atoms with Gasteiger partial charge in [0.1, 0.15) is 17.9 Å². The third-order valence-corrected chi connectivity index (χ3v) is 3.69. The van der Waals surface area contributed by atoms with Gasteiger partial charge in [0, 0.05) is 30.7 Å². The van der Waals surface area contributed by atoms with E-state index >= 15 is 0 Å². The highest BCUT2D eigenvalue weighted by Crippen LogP contribution is 2.22. The maximum absolute atomic E-state index is 14.2. The number of benzene rings is 1. The van der Waals surface area contributed by atoms with Crippen LogP contribution >= 0.6 is 0 Å². The van der Waals surface area contributed by atoms with Crippen LogP contribution in [0.25, 0.3) is 22.5 Å². The Morgan fingerprint density at radius 2 is 1.96 bits per heavy atom. The Morgan fingerprint density at radius 1 is 1.08 bits per heavy atom. The fourth-order valence-electron chi connectivity index (χ4n) is 2.54. The van der Waals surface area contributed by atoms with Crippen LogP contribution in [0.2, 0.25) is 0 Å². The number of aromatic nitrogens is 4. The minimum atomic E-state index is -0.616. The normalized spacial score (nSPS) is 11.0. The van der Waals surface area contributed by atoms with Gasteiger partial charge in [-0.3, -0.25) is 13.9 Å². The summed E-state index contributed by atoms with van der Waals surface area (Å²) in [7, 11) is 0. The summed E-state index contributed by atoms with van der Waals surface area (Å²) >= 11 is 0. The van der Waals surface area contributed by atoms with Gasteiger partial charge in [-0.2, -0.15) is 0 Å². The van der Waals surface area contributed by atoms with Crippen LogP contribution in [0, 0.1) is 5.82 Å². The average Bonchev–Trinajstić information content (AvgIpc) is 3.10. The molecule has 0 bridgehead atoms. The first kappa shape index (κ1) is 14.1. The Balaban J connectivity index is 2.03. The summed E-state index contributed by atoms with van der Waals surface area (Å²) in [5.41, 5.74) is 0.302. The third kappa shape index (κ3) is 2.23. The Bertz CT molecular complexity index is 1100. The number of hydrogen-bond acceptors (Lipinski definition) is 4. The first-order chi connectivity index (χ1) is 11.6. The monoisotopic (exact) mass is 322 g/mol. The number of aromatic hydroxyl groups is 1. The number of hydrogen-bond donors (Lipinski definition) is 1. The fraction of sp³-hybridized carbons (Fsp3) is 0. The van der Waals surface area contributed by atoms with Gasteiger partial charge in [-0.15, -0.1) is 0 Å². The molecule has 118 valence electrons. The zero-order valence-electron chi connectivity index (χ0n) is 12.3. The largest absolute Gasteiger partial charge is 0.508 e. The molecular formula is C17H11FN4O2. The minimum Gasteiger partial charge on any atom is -0.508 e. The highest BCUT2D eigenvalue weighted by atomic mass is 19.1. The van der Waals surface area contributed by atoms with Gasteiger partial charge >= 0.3 is 0 Å². The van der Waals surface area contributed by atoms with Crippen molar-refractivity contribution in [3.05, 3.63) is 77.4 Å². The summed E-state index contributed by atoms with van der Waals surface area (Å²) in [4.78, 5) is 20.5. The number of rotatable bonds is 2. The van der Waals surface area contributed by atoms with E-state index in [1.807, 2.05) is 0 Å². The van der Waals surface area contributed by atoms with Gasteiger partial charge in [-0.25, -0.2) is 14.4 Å². The van der Waals surface area contributed by atoms with Crippen LogP contribution in [0.15, 0.2) is 66.1 Å². The molecule has 3 aromatic heterocycles. The predicted molar refractivity (Wildman–Crippen MR) is 86.1 cm³/mol. The van der Waals surface area contributed by atoms with Crippen LogP contribution in [0.3, 0.4) is 0 Å². The Kier molecular flexibility index (Phi) is 3.13. The zero-order valence-corrected chi connectivity index (χ0v) is 12.3. The molecule has 7 heteroatoms. The van der Waals surface area contributed by atoms with Crippen LogP contribution in [0.4, 0.5) is 4.39 Å². The summed E-state index contributed by atoms with van der Waals surface area (Å²) in [5.74, 6) is -0.234. The van der Waals surface area contributed by atoms with Gasteiger partial charge in [0.2, 0.25) is 0 Å². The van der Waals surface area contributed by atoms with Crippen LogP contribution < -0.4 is 5.43 Å². The van der Waals surface area contributed by atoms with Gasteiger partial charge in [-0.1, -0.05) is 0 Å². The highest BCUT2D eigenvalue weighted by molar-refractivity contribution is 5.77. The van der Waals surface area contributed by atoms with Crippen molar-refractivity contribution < 1.29 is 9.50 Å². The molecule has 0 aliphatic carbocycles. The minimum absolute atomic E-state index is 0.173. The van der Waals surface area contributed by atoms with E-state index < -0.39 is 5.82 Å². The topological polar surface area (TPSA) is 72.9 Å². The molecule has 0 aliphatic heterocycles. The van der Waals surface area contributed by atoms with E-state index in [1.165, 1.54) is 29.0 Å². The molecule has 0 amide bonds. The van der Waals surface area contributed by atoms with Gasteiger partial charge in [0.25, 0.3) is 0 Å². The van der Waals surface area contributed by atoms with E-state index in [0.29, 0.717) is 16.9 Å². The van der Waals surface area contributed by atoms with Crippen LogP contribution in [0.1, 0.15) is 0 Å². The molecule has 0 aliphatic rings. The predicted octanol–water partition coefficient (Wildman–Crippen LogP) is 2.42. The molecule has 0 saturated heterocycles. The molecular weight excluding hydrogens is 311 g/mol. The van der Waals surface area contributed by atoms with Crippen molar-refractivity contribution in [2.24, 2.45) is 0 Å². The Hall–Kier alpha value is -3.48. The van der Waals surface area contributed by atoms with Gasteiger partial charge < -0.3 is 5.11 Å². The van der Waals surface area contributed by atoms with Crippen LogP contribution in [-0.2, 0) is 0 Å². The van der Waals surface area contributed by atoms with Crippen molar-refractivity contribution in [3.63, 3.8) is 0 Å².